The van der Waals surface area contributed by atoms with Crippen LogP contribution in [-0.2, 0) is 0 Å². The molecule has 0 aromatic carbocycles. The maximum absolute atomic E-state index is 6.81. The van der Waals surface area contributed by atoms with Crippen LogP contribution >= 0.6 is 0 Å². The number of nitrogens with two attached hydrogens (primary N) is 1. The van der Waals surface area contributed by atoms with E-state index in [9.17, 15) is 0 Å². The van der Waals surface area contributed by atoms with Crippen molar-refractivity contribution in [2.45, 2.75) is 71.8 Å². The Labute approximate surface area is 108 Å². The Kier molecular flexibility index (Phi) is 3.87. The van der Waals surface area contributed by atoms with E-state index in [1.54, 1.807) is 0 Å². The minimum atomic E-state index is 0.162. The first-order chi connectivity index (χ1) is 7.90. The van der Waals surface area contributed by atoms with E-state index in [1.807, 2.05) is 0 Å². The molecule has 0 radical (unpaired) electrons. The Morgan fingerprint density at radius 3 is 2.00 bits per heavy atom. The molecule has 0 amide bonds. The minimum absolute atomic E-state index is 0.162. The molecule has 5 unspecified atom stereocenters. The van der Waals surface area contributed by atoms with Gasteiger partial charge < -0.3 is 5.73 Å². The largest absolute Gasteiger partial charge is 0.325 e. The average molecular weight is 237 g/mol. The van der Waals surface area contributed by atoms with Gasteiger partial charge in [-0.15, -0.1) is 0 Å². The first kappa shape index (κ1) is 13.4. The zero-order valence-electron chi connectivity index (χ0n) is 12.2. The Morgan fingerprint density at radius 2 is 1.47 bits per heavy atom. The van der Waals surface area contributed by atoms with Gasteiger partial charge in [-0.2, -0.15) is 0 Å². The topological polar surface area (TPSA) is 26.0 Å². The van der Waals surface area contributed by atoms with Crippen LogP contribution in [0.4, 0.5) is 0 Å². The van der Waals surface area contributed by atoms with Gasteiger partial charge in [0.2, 0.25) is 0 Å². The summed E-state index contributed by atoms with van der Waals surface area (Å²) in [6.07, 6.45) is 8.04. The summed E-state index contributed by atoms with van der Waals surface area (Å²) in [6, 6.07) is 0. The summed E-state index contributed by atoms with van der Waals surface area (Å²) < 4.78 is 0. The Balaban J connectivity index is 2.04. The highest BCUT2D eigenvalue weighted by molar-refractivity contribution is 4.99. The third kappa shape index (κ3) is 2.86. The second kappa shape index (κ2) is 4.91. The van der Waals surface area contributed by atoms with Gasteiger partial charge in [0.25, 0.3) is 0 Å². The summed E-state index contributed by atoms with van der Waals surface area (Å²) in [6.45, 7) is 9.64. The molecule has 1 heteroatoms. The summed E-state index contributed by atoms with van der Waals surface area (Å²) >= 11 is 0. The van der Waals surface area contributed by atoms with Crippen LogP contribution in [0.5, 0.6) is 0 Å². The number of hydrogen-bond donors (Lipinski definition) is 1. The van der Waals surface area contributed by atoms with Gasteiger partial charge >= 0.3 is 0 Å². The van der Waals surface area contributed by atoms with Crippen molar-refractivity contribution in [2.24, 2.45) is 35.3 Å². The summed E-state index contributed by atoms with van der Waals surface area (Å²) in [5.41, 5.74) is 6.97. The third-order valence-corrected chi connectivity index (χ3v) is 5.73. The molecule has 0 aromatic rings. The van der Waals surface area contributed by atoms with Crippen LogP contribution in [0.3, 0.4) is 0 Å². The molecule has 0 heterocycles. The summed E-state index contributed by atoms with van der Waals surface area (Å²) in [7, 11) is 0. The molecule has 0 aromatic heterocycles. The highest BCUT2D eigenvalue weighted by Gasteiger charge is 2.42. The molecule has 100 valence electrons. The van der Waals surface area contributed by atoms with E-state index in [0.29, 0.717) is 0 Å². The SMILES string of the molecule is CC1CC(C)CC(C2(N)CCC(C)C(C)C2)C1. The molecule has 2 saturated carbocycles. The second-order valence-corrected chi connectivity index (χ2v) is 7.54. The maximum atomic E-state index is 6.81. The molecular formula is C16H31N. The molecule has 5 atom stereocenters. The van der Waals surface area contributed by atoms with Crippen LogP contribution in [0.2, 0.25) is 0 Å². The highest BCUT2D eigenvalue weighted by Crippen LogP contribution is 2.46. The van der Waals surface area contributed by atoms with Gasteiger partial charge in [-0.3, -0.25) is 0 Å². The van der Waals surface area contributed by atoms with Crippen LogP contribution in [0.25, 0.3) is 0 Å². The van der Waals surface area contributed by atoms with Gasteiger partial charge in [0.05, 0.1) is 0 Å². The van der Waals surface area contributed by atoms with E-state index in [-0.39, 0.29) is 5.54 Å². The molecule has 1 nitrogen and oxygen atoms in total. The van der Waals surface area contributed by atoms with E-state index in [0.717, 1.165) is 29.6 Å². The molecule has 2 aliphatic rings. The Morgan fingerprint density at radius 1 is 0.882 bits per heavy atom. The summed E-state index contributed by atoms with van der Waals surface area (Å²) in [5, 5.41) is 0. The van der Waals surface area contributed by atoms with Gasteiger partial charge in [-0.25, -0.2) is 0 Å². The van der Waals surface area contributed by atoms with Gasteiger partial charge in [0.1, 0.15) is 0 Å². The fourth-order valence-electron chi connectivity index (χ4n) is 4.47. The minimum Gasteiger partial charge on any atom is -0.325 e. The second-order valence-electron chi connectivity index (χ2n) is 7.54. The molecule has 2 fully saturated rings. The fourth-order valence-corrected chi connectivity index (χ4v) is 4.47. The zero-order chi connectivity index (χ0) is 12.6. The van der Waals surface area contributed by atoms with Gasteiger partial charge in [-0.1, -0.05) is 27.7 Å². The van der Waals surface area contributed by atoms with Crippen molar-refractivity contribution < 1.29 is 0 Å². The zero-order valence-corrected chi connectivity index (χ0v) is 12.2. The van der Waals surface area contributed by atoms with Crippen molar-refractivity contribution in [1.29, 1.82) is 0 Å². The molecule has 0 aliphatic heterocycles. The molecule has 0 spiro atoms. The highest BCUT2D eigenvalue weighted by atomic mass is 14.8. The molecule has 2 rings (SSSR count). The Bertz CT molecular complexity index is 252. The smallest absolute Gasteiger partial charge is 0.0185 e. The first-order valence-corrected chi connectivity index (χ1v) is 7.69. The standard InChI is InChI=1S/C16H31N/c1-11-7-12(2)9-15(8-11)16(17)6-5-13(3)14(4)10-16/h11-15H,5-10,17H2,1-4H3. The van der Waals surface area contributed by atoms with Gasteiger partial charge in [-0.05, 0) is 68.1 Å². The lowest BCUT2D eigenvalue weighted by molar-refractivity contribution is 0.0683. The maximum Gasteiger partial charge on any atom is 0.0185 e. The van der Waals surface area contributed by atoms with Gasteiger partial charge in [0.15, 0.2) is 0 Å². The van der Waals surface area contributed by atoms with E-state index >= 15 is 0 Å². The molecule has 0 saturated heterocycles. The summed E-state index contributed by atoms with van der Waals surface area (Å²) in [4.78, 5) is 0. The van der Waals surface area contributed by atoms with Crippen LogP contribution in [0.1, 0.15) is 66.2 Å². The monoisotopic (exact) mass is 237 g/mol. The van der Waals surface area contributed by atoms with Crippen LogP contribution in [-0.4, -0.2) is 5.54 Å². The van der Waals surface area contributed by atoms with Crippen molar-refractivity contribution in [3.05, 3.63) is 0 Å². The normalized spacial score (nSPS) is 52.4. The predicted molar refractivity (Wildman–Crippen MR) is 74.8 cm³/mol. The summed E-state index contributed by atoms with van der Waals surface area (Å²) in [5.74, 6) is 4.26. The number of rotatable bonds is 1. The quantitative estimate of drug-likeness (QED) is 0.726. The molecular weight excluding hydrogens is 206 g/mol. The van der Waals surface area contributed by atoms with E-state index in [4.69, 9.17) is 5.73 Å². The van der Waals surface area contributed by atoms with Crippen molar-refractivity contribution in [3.63, 3.8) is 0 Å². The molecule has 0 bridgehead atoms. The van der Waals surface area contributed by atoms with Crippen LogP contribution < -0.4 is 5.73 Å². The van der Waals surface area contributed by atoms with Crippen LogP contribution in [0, 0.1) is 29.6 Å². The van der Waals surface area contributed by atoms with Crippen molar-refractivity contribution in [3.8, 4) is 0 Å². The third-order valence-electron chi connectivity index (χ3n) is 5.73. The van der Waals surface area contributed by atoms with E-state index < -0.39 is 0 Å². The fraction of sp³-hybridized carbons (Fsp3) is 1.00. The lowest BCUT2D eigenvalue weighted by Gasteiger charge is -2.48. The molecule has 2 N–H and O–H groups in total. The van der Waals surface area contributed by atoms with Gasteiger partial charge in [0, 0.05) is 5.54 Å². The predicted octanol–water partition coefficient (Wildman–Crippen LogP) is 4.21. The van der Waals surface area contributed by atoms with E-state index in [2.05, 4.69) is 27.7 Å². The first-order valence-electron chi connectivity index (χ1n) is 7.69. The lowest BCUT2D eigenvalue weighted by Crippen LogP contribution is -2.53. The van der Waals surface area contributed by atoms with Crippen molar-refractivity contribution in [1.82, 2.24) is 0 Å². The Hall–Kier alpha value is -0.0400. The number of hydrogen-bond acceptors (Lipinski definition) is 1. The van der Waals surface area contributed by atoms with Crippen molar-refractivity contribution in [2.75, 3.05) is 0 Å². The molecule has 2 aliphatic carbocycles. The lowest BCUT2D eigenvalue weighted by atomic mass is 9.60. The van der Waals surface area contributed by atoms with E-state index in [1.165, 1.54) is 38.5 Å². The average Bonchev–Trinajstić information content (AvgIpc) is 2.23. The van der Waals surface area contributed by atoms with Crippen LogP contribution in [0.15, 0.2) is 0 Å². The molecule has 17 heavy (non-hydrogen) atoms. The van der Waals surface area contributed by atoms with Crippen molar-refractivity contribution >= 4 is 0 Å².